The Morgan fingerprint density at radius 1 is 1.71 bits per heavy atom. The molecule has 0 fully saturated rings. The van der Waals surface area contributed by atoms with Crippen molar-refractivity contribution in [1.82, 2.24) is 19.6 Å². The summed E-state index contributed by atoms with van der Waals surface area (Å²) in [7, 11) is 0. The van der Waals surface area contributed by atoms with Crippen LogP contribution in [0, 0.1) is 18.3 Å². The fraction of sp³-hybridized carbons (Fsp3) is 0.250. The third-order valence-electron chi connectivity index (χ3n) is 1.99. The minimum absolute atomic E-state index is 0.0691. The number of rotatable bonds is 1. The molecule has 0 aromatic carbocycles. The van der Waals surface area contributed by atoms with Gasteiger partial charge >= 0.3 is 0 Å². The molecule has 0 aliphatic rings. The van der Waals surface area contributed by atoms with E-state index in [0.717, 1.165) is 0 Å². The highest BCUT2D eigenvalue weighted by molar-refractivity contribution is 5.31. The van der Waals surface area contributed by atoms with Crippen LogP contribution in [0.3, 0.4) is 0 Å². The Balaban J connectivity index is 2.84. The highest BCUT2D eigenvalue weighted by Gasteiger charge is 2.09. The Morgan fingerprint density at radius 2 is 2.50 bits per heavy atom. The number of hydrogen-bond donors (Lipinski definition) is 1. The highest BCUT2D eigenvalue weighted by atomic mass is 16.1. The summed E-state index contributed by atoms with van der Waals surface area (Å²) in [5.74, 6) is 0.328. The maximum atomic E-state index is 11.7. The number of H-pyrrole nitrogens is 1. The van der Waals surface area contributed by atoms with Crippen LogP contribution in [-0.4, -0.2) is 19.6 Å². The Kier molecular flexibility index (Phi) is 1.78. The molecule has 0 aliphatic heterocycles. The Hall–Kier alpha value is -2.16. The minimum atomic E-state index is -0.258. The first-order valence-electron chi connectivity index (χ1n) is 4.02. The van der Waals surface area contributed by atoms with Gasteiger partial charge in [0.05, 0.1) is 23.7 Å². The fourth-order valence-electron chi connectivity index (χ4n) is 1.28. The van der Waals surface area contributed by atoms with Crippen molar-refractivity contribution in [3.05, 3.63) is 27.9 Å². The summed E-state index contributed by atoms with van der Waals surface area (Å²) in [5, 5.41) is 11.2. The van der Waals surface area contributed by atoms with Crippen molar-refractivity contribution in [1.29, 1.82) is 5.26 Å². The van der Waals surface area contributed by atoms with E-state index in [9.17, 15) is 4.79 Å². The number of aryl methyl sites for hydroxylation is 1. The number of nitriles is 1. The van der Waals surface area contributed by atoms with Gasteiger partial charge in [0.2, 0.25) is 0 Å². The van der Waals surface area contributed by atoms with Crippen LogP contribution in [0.4, 0.5) is 0 Å². The molecule has 70 valence electrons. The maximum Gasteiger partial charge on any atom is 0.278 e. The largest absolute Gasteiger partial charge is 0.278 e. The zero-order valence-electron chi connectivity index (χ0n) is 7.48. The molecule has 0 saturated heterocycles. The monoisotopic (exact) mass is 189 g/mol. The molecule has 6 heteroatoms. The van der Waals surface area contributed by atoms with Gasteiger partial charge in [0.1, 0.15) is 6.33 Å². The van der Waals surface area contributed by atoms with E-state index >= 15 is 0 Å². The lowest BCUT2D eigenvalue weighted by Gasteiger charge is -1.99. The van der Waals surface area contributed by atoms with Gasteiger partial charge in [0.25, 0.3) is 11.3 Å². The van der Waals surface area contributed by atoms with Crippen molar-refractivity contribution in [2.75, 3.05) is 0 Å². The fourth-order valence-corrected chi connectivity index (χ4v) is 1.28. The van der Waals surface area contributed by atoms with Crippen LogP contribution in [0.2, 0.25) is 0 Å². The number of aromatic nitrogens is 4. The molecule has 2 rings (SSSR count). The van der Waals surface area contributed by atoms with E-state index in [1.54, 1.807) is 6.92 Å². The lowest BCUT2D eigenvalue weighted by Crippen LogP contribution is -2.21. The highest BCUT2D eigenvalue weighted by Crippen LogP contribution is 2.00. The van der Waals surface area contributed by atoms with Crippen LogP contribution in [0.25, 0.3) is 5.78 Å². The molecule has 0 spiro atoms. The second kappa shape index (κ2) is 2.96. The third kappa shape index (κ3) is 1.07. The topological polar surface area (TPSA) is 86.8 Å². The molecule has 0 amide bonds. The summed E-state index contributed by atoms with van der Waals surface area (Å²) in [6, 6.07) is 1.93. The second-order valence-electron chi connectivity index (χ2n) is 2.84. The molecule has 0 unspecified atom stereocenters. The Morgan fingerprint density at radius 3 is 3.21 bits per heavy atom. The zero-order valence-corrected chi connectivity index (χ0v) is 7.48. The zero-order chi connectivity index (χ0) is 10.1. The average molecular weight is 189 g/mol. The molecule has 6 nitrogen and oxygen atoms in total. The van der Waals surface area contributed by atoms with E-state index in [4.69, 9.17) is 5.26 Å². The Labute approximate surface area is 78.8 Å². The standard InChI is InChI=1S/C8H7N5O/c1-5-6(2-3-9)7(14)13-8(12-5)10-4-11-13/h4H,2H2,1H3,(H,10,11,12). The number of aromatic amines is 1. The molecule has 0 aliphatic carbocycles. The smallest absolute Gasteiger partial charge is 0.278 e. The number of hydrogen-bond acceptors (Lipinski definition) is 4. The van der Waals surface area contributed by atoms with Gasteiger partial charge in [-0.15, -0.1) is 0 Å². The van der Waals surface area contributed by atoms with Crippen molar-refractivity contribution in [3.63, 3.8) is 0 Å². The summed E-state index contributed by atoms with van der Waals surface area (Å²) in [6.45, 7) is 1.70. The third-order valence-corrected chi connectivity index (χ3v) is 1.99. The van der Waals surface area contributed by atoms with Gasteiger partial charge in [-0.25, -0.2) is 9.97 Å². The summed E-state index contributed by atoms with van der Waals surface area (Å²) in [6.07, 6.45) is 1.46. The molecule has 0 radical (unpaired) electrons. The van der Waals surface area contributed by atoms with Crippen LogP contribution in [-0.2, 0) is 6.42 Å². The van der Waals surface area contributed by atoms with Crippen molar-refractivity contribution in [2.24, 2.45) is 0 Å². The van der Waals surface area contributed by atoms with Crippen molar-refractivity contribution in [2.45, 2.75) is 13.3 Å². The van der Waals surface area contributed by atoms with E-state index in [1.165, 1.54) is 10.8 Å². The van der Waals surface area contributed by atoms with Crippen molar-refractivity contribution >= 4 is 5.78 Å². The quantitative estimate of drug-likeness (QED) is 0.672. The molecular weight excluding hydrogens is 182 g/mol. The average Bonchev–Trinajstić information content (AvgIpc) is 2.60. The molecule has 2 aromatic rings. The SMILES string of the molecule is Cc1nc2nc[nH]n2c(=O)c1CC#N. The second-order valence-corrected chi connectivity index (χ2v) is 2.84. The molecule has 0 bridgehead atoms. The summed E-state index contributed by atoms with van der Waals surface area (Å²) in [4.78, 5) is 19.6. The van der Waals surface area contributed by atoms with Crippen LogP contribution in [0.1, 0.15) is 11.3 Å². The van der Waals surface area contributed by atoms with Crippen molar-refractivity contribution < 1.29 is 0 Å². The first-order valence-corrected chi connectivity index (χ1v) is 4.02. The summed E-state index contributed by atoms with van der Waals surface area (Å²) < 4.78 is 1.22. The lowest BCUT2D eigenvalue weighted by molar-refractivity contribution is 0.863. The summed E-state index contributed by atoms with van der Waals surface area (Å²) in [5.41, 5.74) is 0.712. The number of nitrogens with zero attached hydrogens (tertiary/aromatic N) is 4. The maximum absolute atomic E-state index is 11.7. The number of nitrogens with one attached hydrogen (secondary N) is 1. The van der Waals surface area contributed by atoms with Gasteiger partial charge in [-0.05, 0) is 6.92 Å². The molecule has 2 aromatic heterocycles. The predicted molar refractivity (Wildman–Crippen MR) is 47.7 cm³/mol. The molecule has 0 atom stereocenters. The van der Waals surface area contributed by atoms with E-state index in [-0.39, 0.29) is 12.0 Å². The molecular formula is C8H7N5O. The van der Waals surface area contributed by atoms with Crippen LogP contribution in [0.5, 0.6) is 0 Å². The van der Waals surface area contributed by atoms with E-state index in [0.29, 0.717) is 17.0 Å². The van der Waals surface area contributed by atoms with Gasteiger partial charge in [-0.2, -0.15) is 9.78 Å². The van der Waals surface area contributed by atoms with Gasteiger partial charge in [-0.3, -0.25) is 9.89 Å². The van der Waals surface area contributed by atoms with Gasteiger partial charge < -0.3 is 0 Å². The molecule has 14 heavy (non-hydrogen) atoms. The van der Waals surface area contributed by atoms with Gasteiger partial charge in [0.15, 0.2) is 0 Å². The van der Waals surface area contributed by atoms with E-state index < -0.39 is 0 Å². The predicted octanol–water partition coefficient (Wildman–Crippen LogP) is -0.208. The first kappa shape index (κ1) is 8.44. The minimum Gasteiger partial charge on any atom is -0.278 e. The number of fused-ring (bicyclic) bond motifs is 1. The van der Waals surface area contributed by atoms with Crippen LogP contribution >= 0.6 is 0 Å². The lowest BCUT2D eigenvalue weighted by atomic mass is 10.2. The normalized spacial score (nSPS) is 10.3. The first-order chi connectivity index (χ1) is 6.74. The van der Waals surface area contributed by atoms with E-state index in [1.807, 2.05) is 6.07 Å². The van der Waals surface area contributed by atoms with Gasteiger partial charge in [-0.1, -0.05) is 0 Å². The van der Waals surface area contributed by atoms with Gasteiger partial charge in [0, 0.05) is 0 Å². The Bertz CT molecular complexity index is 573. The molecule has 1 N–H and O–H groups in total. The van der Waals surface area contributed by atoms with Crippen molar-refractivity contribution in [3.8, 4) is 6.07 Å². The molecule has 2 heterocycles. The molecule has 0 saturated carbocycles. The van der Waals surface area contributed by atoms with Crippen LogP contribution in [0.15, 0.2) is 11.1 Å². The summed E-state index contributed by atoms with van der Waals surface area (Å²) >= 11 is 0. The van der Waals surface area contributed by atoms with Crippen LogP contribution < -0.4 is 5.56 Å². The van der Waals surface area contributed by atoms with E-state index in [2.05, 4.69) is 15.1 Å².